The van der Waals surface area contributed by atoms with Crippen molar-refractivity contribution < 1.29 is 14.3 Å². The van der Waals surface area contributed by atoms with Gasteiger partial charge in [0.05, 0.1) is 30.1 Å². The molecule has 32 heavy (non-hydrogen) atoms. The Bertz CT molecular complexity index is 1110. The Morgan fingerprint density at radius 3 is 2.59 bits per heavy atom. The van der Waals surface area contributed by atoms with Crippen LogP contribution in [0.1, 0.15) is 50.9 Å². The molecule has 2 aliphatic rings. The SMILES string of the molecule is CO[C@H]1[C@H](NC(=O)c2ccncc2)c2ccccc2C12CCN(C(=O)c1cnsn1)CC2. The second kappa shape index (κ2) is 8.40. The van der Waals surface area contributed by atoms with Crippen LogP contribution >= 0.6 is 11.7 Å². The number of amides is 2. The predicted octanol–water partition coefficient (Wildman–Crippen LogP) is 2.61. The topological polar surface area (TPSA) is 97.3 Å². The van der Waals surface area contributed by atoms with Crippen molar-refractivity contribution >= 4 is 23.5 Å². The summed E-state index contributed by atoms with van der Waals surface area (Å²) in [5.41, 5.74) is 2.94. The number of likely N-dealkylation sites (tertiary alicyclic amines) is 1. The molecule has 3 heterocycles. The normalized spacial score (nSPS) is 21.3. The fourth-order valence-corrected chi connectivity index (χ4v) is 5.59. The van der Waals surface area contributed by atoms with E-state index in [2.05, 4.69) is 31.2 Å². The first-order chi connectivity index (χ1) is 15.6. The molecule has 0 saturated carbocycles. The summed E-state index contributed by atoms with van der Waals surface area (Å²) in [6.07, 6.45) is 5.99. The van der Waals surface area contributed by atoms with Gasteiger partial charge in [0.25, 0.3) is 11.8 Å². The van der Waals surface area contributed by atoms with Gasteiger partial charge in [0.2, 0.25) is 0 Å². The highest BCUT2D eigenvalue weighted by atomic mass is 32.1. The third kappa shape index (κ3) is 3.37. The Labute approximate surface area is 190 Å². The van der Waals surface area contributed by atoms with Crippen LogP contribution in [0.5, 0.6) is 0 Å². The Hall–Kier alpha value is -3.17. The van der Waals surface area contributed by atoms with E-state index in [9.17, 15) is 9.59 Å². The molecule has 0 bridgehead atoms. The van der Waals surface area contributed by atoms with Gasteiger partial charge in [-0.05, 0) is 36.1 Å². The number of ether oxygens (including phenoxy) is 1. The number of carbonyl (C=O) groups excluding carboxylic acids is 2. The number of aromatic nitrogens is 3. The number of methoxy groups -OCH3 is 1. The van der Waals surface area contributed by atoms with E-state index in [0.29, 0.717) is 24.3 Å². The molecule has 1 aliphatic heterocycles. The lowest BCUT2D eigenvalue weighted by Gasteiger charge is -2.44. The summed E-state index contributed by atoms with van der Waals surface area (Å²) < 4.78 is 14.1. The van der Waals surface area contributed by atoms with E-state index in [4.69, 9.17) is 4.74 Å². The van der Waals surface area contributed by atoms with E-state index in [-0.39, 0.29) is 29.4 Å². The summed E-state index contributed by atoms with van der Waals surface area (Å²) >= 11 is 1.04. The molecule has 1 fully saturated rings. The van der Waals surface area contributed by atoms with Crippen molar-refractivity contribution in [1.82, 2.24) is 23.9 Å². The molecule has 1 aliphatic carbocycles. The molecule has 0 unspecified atom stereocenters. The van der Waals surface area contributed by atoms with Crippen LogP contribution in [-0.2, 0) is 10.2 Å². The highest BCUT2D eigenvalue weighted by molar-refractivity contribution is 6.99. The highest BCUT2D eigenvalue weighted by Crippen LogP contribution is 2.52. The molecule has 8 nitrogen and oxygen atoms in total. The summed E-state index contributed by atoms with van der Waals surface area (Å²) in [5.74, 6) is -0.244. The minimum absolute atomic E-state index is 0.0867. The van der Waals surface area contributed by atoms with Crippen LogP contribution in [0.2, 0.25) is 0 Å². The van der Waals surface area contributed by atoms with Crippen molar-refractivity contribution in [3.8, 4) is 0 Å². The van der Waals surface area contributed by atoms with Gasteiger partial charge in [-0.2, -0.15) is 8.75 Å². The van der Waals surface area contributed by atoms with Gasteiger partial charge in [-0.15, -0.1) is 0 Å². The molecular weight excluding hydrogens is 426 g/mol. The smallest absolute Gasteiger partial charge is 0.275 e. The Morgan fingerprint density at radius 1 is 1.16 bits per heavy atom. The number of rotatable bonds is 4. The second-order valence-electron chi connectivity index (χ2n) is 8.17. The maximum absolute atomic E-state index is 13.0. The van der Waals surface area contributed by atoms with Gasteiger partial charge >= 0.3 is 0 Å². The average Bonchev–Trinajstić information content (AvgIpc) is 3.46. The number of carbonyl (C=O) groups is 2. The van der Waals surface area contributed by atoms with E-state index in [1.54, 1.807) is 31.6 Å². The van der Waals surface area contributed by atoms with Crippen molar-refractivity contribution in [1.29, 1.82) is 0 Å². The Morgan fingerprint density at radius 2 is 1.91 bits per heavy atom. The average molecular weight is 450 g/mol. The predicted molar refractivity (Wildman–Crippen MR) is 118 cm³/mol. The second-order valence-corrected chi connectivity index (χ2v) is 8.73. The van der Waals surface area contributed by atoms with Gasteiger partial charge in [-0.3, -0.25) is 14.6 Å². The first-order valence-electron chi connectivity index (χ1n) is 10.5. The lowest BCUT2D eigenvalue weighted by Crippen LogP contribution is -2.51. The van der Waals surface area contributed by atoms with E-state index in [0.717, 1.165) is 30.1 Å². The molecule has 2 atom stereocenters. The number of nitrogens with one attached hydrogen (secondary N) is 1. The number of pyridine rings is 1. The van der Waals surface area contributed by atoms with Crippen molar-refractivity contribution in [3.05, 3.63) is 77.4 Å². The van der Waals surface area contributed by atoms with Crippen molar-refractivity contribution in [2.24, 2.45) is 0 Å². The fourth-order valence-electron chi connectivity index (χ4n) is 5.18. The van der Waals surface area contributed by atoms with E-state index >= 15 is 0 Å². The number of hydrogen-bond donors (Lipinski definition) is 1. The third-order valence-electron chi connectivity index (χ3n) is 6.69. The summed E-state index contributed by atoms with van der Waals surface area (Å²) in [6, 6.07) is 11.3. The molecule has 1 saturated heterocycles. The molecule has 0 radical (unpaired) electrons. The first-order valence-corrected chi connectivity index (χ1v) is 11.3. The largest absolute Gasteiger partial charge is 0.378 e. The van der Waals surface area contributed by atoms with Crippen LogP contribution in [0.25, 0.3) is 0 Å². The third-order valence-corrected chi connectivity index (χ3v) is 7.16. The van der Waals surface area contributed by atoms with Crippen molar-refractivity contribution in [2.75, 3.05) is 20.2 Å². The van der Waals surface area contributed by atoms with Crippen molar-refractivity contribution in [3.63, 3.8) is 0 Å². The van der Waals surface area contributed by atoms with Crippen molar-refractivity contribution in [2.45, 2.75) is 30.4 Å². The number of nitrogens with zero attached hydrogens (tertiary/aromatic N) is 4. The zero-order valence-electron chi connectivity index (χ0n) is 17.6. The van der Waals surface area contributed by atoms with Gasteiger partial charge in [-0.25, -0.2) is 0 Å². The standard InChI is InChI=1S/C23H23N5O3S/c1-31-20-19(26-21(29)15-6-10-24-11-7-15)16-4-2-3-5-17(16)23(20)8-12-28(13-9-23)22(30)18-14-25-32-27-18/h2-7,10-11,14,19-20H,8-9,12-13H2,1H3,(H,26,29)/t19-,20+/m1/s1. The van der Waals surface area contributed by atoms with Crippen LogP contribution < -0.4 is 5.32 Å². The monoisotopic (exact) mass is 449 g/mol. The summed E-state index contributed by atoms with van der Waals surface area (Å²) in [6.45, 7) is 1.19. The minimum Gasteiger partial charge on any atom is -0.378 e. The summed E-state index contributed by atoms with van der Waals surface area (Å²) in [5, 5.41) is 3.19. The Balaban J connectivity index is 1.42. The molecule has 9 heteroatoms. The summed E-state index contributed by atoms with van der Waals surface area (Å²) in [7, 11) is 1.70. The molecule has 5 rings (SSSR count). The molecule has 2 amide bonds. The lowest BCUT2D eigenvalue weighted by molar-refractivity contribution is -0.00935. The maximum atomic E-state index is 13.0. The van der Waals surface area contributed by atoms with E-state index in [1.807, 2.05) is 17.0 Å². The lowest BCUT2D eigenvalue weighted by atomic mass is 9.72. The van der Waals surface area contributed by atoms with Crippen LogP contribution in [0.4, 0.5) is 0 Å². The first kappa shape index (κ1) is 20.7. The fraction of sp³-hybridized carbons (Fsp3) is 0.348. The van der Waals surface area contributed by atoms with Gasteiger partial charge in [0, 0.05) is 43.6 Å². The van der Waals surface area contributed by atoms with Gasteiger partial charge < -0.3 is 15.0 Å². The molecule has 1 N–H and O–H groups in total. The maximum Gasteiger partial charge on any atom is 0.275 e. The van der Waals surface area contributed by atoms with Crippen LogP contribution in [0.15, 0.2) is 55.0 Å². The number of benzene rings is 1. The zero-order valence-corrected chi connectivity index (χ0v) is 18.4. The number of fused-ring (bicyclic) bond motifs is 2. The molecule has 1 aromatic carbocycles. The molecule has 2 aromatic heterocycles. The van der Waals surface area contributed by atoms with Crippen LogP contribution in [0.3, 0.4) is 0 Å². The zero-order chi connectivity index (χ0) is 22.1. The Kier molecular flexibility index (Phi) is 5.44. The van der Waals surface area contributed by atoms with Gasteiger partial charge in [0.15, 0.2) is 5.69 Å². The van der Waals surface area contributed by atoms with Gasteiger partial charge in [-0.1, -0.05) is 24.3 Å². The molecular formula is C23H23N5O3S. The number of piperidine rings is 1. The molecule has 3 aromatic rings. The highest BCUT2D eigenvalue weighted by Gasteiger charge is 2.54. The van der Waals surface area contributed by atoms with E-state index < -0.39 is 0 Å². The van der Waals surface area contributed by atoms with Crippen LogP contribution in [0, 0.1) is 0 Å². The quantitative estimate of drug-likeness (QED) is 0.658. The summed E-state index contributed by atoms with van der Waals surface area (Å²) in [4.78, 5) is 31.5. The van der Waals surface area contributed by atoms with Crippen LogP contribution in [-0.4, -0.2) is 56.7 Å². The van der Waals surface area contributed by atoms with E-state index in [1.165, 1.54) is 11.8 Å². The molecule has 164 valence electrons. The number of hydrogen-bond acceptors (Lipinski definition) is 7. The molecule has 1 spiro atoms. The van der Waals surface area contributed by atoms with Gasteiger partial charge in [0.1, 0.15) is 0 Å². The minimum atomic E-state index is -0.279.